The molecule has 1 atom stereocenters. The summed E-state index contributed by atoms with van der Waals surface area (Å²) in [7, 11) is 1.54. The second-order valence-corrected chi connectivity index (χ2v) is 5.18. The molecule has 2 aromatic rings. The monoisotopic (exact) mass is 306 g/mol. The van der Waals surface area contributed by atoms with Crippen molar-refractivity contribution < 1.29 is 18.7 Å². The Bertz CT molecular complexity index is 715. The summed E-state index contributed by atoms with van der Waals surface area (Å²) in [5, 5.41) is 0.0177. The smallest absolute Gasteiger partial charge is 0.170 e. The minimum absolute atomic E-state index is 0.0177. The van der Waals surface area contributed by atoms with E-state index < -0.39 is 11.9 Å². The molecule has 0 radical (unpaired) electrons. The molecule has 0 saturated carbocycles. The van der Waals surface area contributed by atoms with Crippen LogP contribution in [0.4, 0.5) is 4.39 Å². The van der Waals surface area contributed by atoms with Crippen molar-refractivity contribution in [3.05, 3.63) is 58.4 Å². The van der Waals surface area contributed by atoms with Crippen LogP contribution in [0, 0.1) is 5.82 Å². The first-order valence-corrected chi connectivity index (χ1v) is 6.79. The lowest BCUT2D eigenvalue weighted by Gasteiger charge is -2.26. The van der Waals surface area contributed by atoms with Gasteiger partial charge in [-0.1, -0.05) is 17.7 Å². The van der Waals surface area contributed by atoms with Crippen LogP contribution in [0.1, 0.15) is 28.4 Å². The van der Waals surface area contributed by atoms with Gasteiger partial charge in [-0.2, -0.15) is 0 Å². The maximum absolute atomic E-state index is 13.2. The van der Waals surface area contributed by atoms with Gasteiger partial charge in [0, 0.05) is 0 Å². The standard InChI is InChI=1S/C16H12ClFO3/c1-20-10-3-5-15-11(7-10)14(19)8-16(21-15)9-2-4-13(18)12(17)6-9/h2-7,16H,8H2,1H3. The number of benzene rings is 2. The molecular formula is C16H12ClFO3. The van der Waals surface area contributed by atoms with E-state index in [2.05, 4.69) is 0 Å². The van der Waals surface area contributed by atoms with E-state index in [1.165, 1.54) is 12.1 Å². The number of hydrogen-bond acceptors (Lipinski definition) is 3. The fraction of sp³-hybridized carbons (Fsp3) is 0.188. The van der Waals surface area contributed by atoms with Gasteiger partial charge in [-0.3, -0.25) is 4.79 Å². The predicted octanol–water partition coefficient (Wildman–Crippen LogP) is 4.19. The van der Waals surface area contributed by atoms with E-state index in [0.29, 0.717) is 22.6 Å². The molecule has 1 unspecified atom stereocenters. The predicted molar refractivity (Wildman–Crippen MR) is 76.7 cm³/mol. The molecule has 0 spiro atoms. The summed E-state index contributed by atoms with van der Waals surface area (Å²) in [5.74, 6) is 0.569. The Labute approximate surface area is 126 Å². The number of carbonyl (C=O) groups is 1. The average molecular weight is 307 g/mol. The zero-order chi connectivity index (χ0) is 15.0. The van der Waals surface area contributed by atoms with Crippen molar-refractivity contribution in [3.8, 4) is 11.5 Å². The summed E-state index contributed by atoms with van der Waals surface area (Å²) < 4.78 is 24.1. The lowest BCUT2D eigenvalue weighted by molar-refractivity contribution is 0.0849. The topological polar surface area (TPSA) is 35.5 Å². The highest BCUT2D eigenvalue weighted by molar-refractivity contribution is 6.30. The van der Waals surface area contributed by atoms with Crippen molar-refractivity contribution >= 4 is 17.4 Å². The van der Waals surface area contributed by atoms with Gasteiger partial charge in [-0.05, 0) is 35.9 Å². The molecule has 0 aliphatic carbocycles. The van der Waals surface area contributed by atoms with E-state index in [1.54, 1.807) is 31.4 Å². The molecule has 0 fully saturated rings. The van der Waals surface area contributed by atoms with Gasteiger partial charge in [0.05, 0.1) is 24.1 Å². The molecule has 2 aromatic carbocycles. The third-order valence-electron chi connectivity index (χ3n) is 3.44. The van der Waals surface area contributed by atoms with Crippen LogP contribution in [0.25, 0.3) is 0 Å². The van der Waals surface area contributed by atoms with Crippen LogP contribution < -0.4 is 9.47 Å². The Morgan fingerprint density at radius 1 is 1.29 bits per heavy atom. The Morgan fingerprint density at radius 2 is 2.10 bits per heavy atom. The fourth-order valence-electron chi connectivity index (χ4n) is 2.33. The highest BCUT2D eigenvalue weighted by Gasteiger charge is 2.28. The van der Waals surface area contributed by atoms with Crippen LogP contribution in [-0.4, -0.2) is 12.9 Å². The Hall–Kier alpha value is -2.07. The summed E-state index contributed by atoms with van der Waals surface area (Å²) in [6.45, 7) is 0. The second-order valence-electron chi connectivity index (χ2n) is 4.77. The number of fused-ring (bicyclic) bond motifs is 1. The zero-order valence-corrected chi connectivity index (χ0v) is 12.0. The molecule has 108 valence electrons. The molecule has 1 aliphatic heterocycles. The zero-order valence-electron chi connectivity index (χ0n) is 11.2. The normalized spacial score (nSPS) is 17.1. The number of halogens is 2. The van der Waals surface area contributed by atoms with E-state index in [9.17, 15) is 9.18 Å². The first-order valence-electron chi connectivity index (χ1n) is 6.41. The Morgan fingerprint density at radius 3 is 2.81 bits per heavy atom. The van der Waals surface area contributed by atoms with E-state index in [1.807, 2.05) is 0 Å². The molecule has 1 aliphatic rings. The van der Waals surface area contributed by atoms with E-state index >= 15 is 0 Å². The number of hydrogen-bond donors (Lipinski definition) is 0. The van der Waals surface area contributed by atoms with Gasteiger partial charge >= 0.3 is 0 Å². The molecule has 3 nitrogen and oxygen atoms in total. The third-order valence-corrected chi connectivity index (χ3v) is 3.73. The number of ketones is 1. The van der Waals surface area contributed by atoms with Gasteiger partial charge in [-0.15, -0.1) is 0 Å². The quantitative estimate of drug-likeness (QED) is 0.834. The number of ether oxygens (including phenoxy) is 2. The van der Waals surface area contributed by atoms with Crippen molar-refractivity contribution in [1.82, 2.24) is 0 Å². The van der Waals surface area contributed by atoms with Crippen molar-refractivity contribution in [2.24, 2.45) is 0 Å². The fourth-order valence-corrected chi connectivity index (χ4v) is 2.52. The average Bonchev–Trinajstić information content (AvgIpc) is 2.49. The molecule has 21 heavy (non-hydrogen) atoms. The molecule has 0 bridgehead atoms. The lowest BCUT2D eigenvalue weighted by Crippen LogP contribution is -2.20. The first kappa shape index (κ1) is 13.9. The number of Topliss-reactive ketones (excluding diaryl/α,β-unsaturated/α-hetero) is 1. The largest absolute Gasteiger partial charge is 0.497 e. The molecule has 0 aromatic heterocycles. The molecular weight excluding hydrogens is 295 g/mol. The van der Waals surface area contributed by atoms with Crippen LogP contribution in [0.3, 0.4) is 0 Å². The SMILES string of the molecule is COc1ccc2c(c1)C(=O)CC(c1ccc(F)c(Cl)c1)O2. The summed E-state index contributed by atoms with van der Waals surface area (Å²) in [6.07, 6.45) is -0.279. The molecule has 0 saturated heterocycles. The Kier molecular flexibility index (Phi) is 3.55. The number of methoxy groups -OCH3 is 1. The van der Waals surface area contributed by atoms with Crippen LogP contribution >= 0.6 is 11.6 Å². The highest BCUT2D eigenvalue weighted by atomic mass is 35.5. The van der Waals surface area contributed by atoms with E-state index in [-0.39, 0.29) is 17.2 Å². The highest BCUT2D eigenvalue weighted by Crippen LogP contribution is 2.37. The summed E-state index contributed by atoms with van der Waals surface area (Å²) >= 11 is 5.78. The maximum Gasteiger partial charge on any atom is 0.170 e. The van der Waals surface area contributed by atoms with Crippen LogP contribution in [0.5, 0.6) is 11.5 Å². The van der Waals surface area contributed by atoms with Crippen molar-refractivity contribution in [2.45, 2.75) is 12.5 Å². The van der Waals surface area contributed by atoms with Gasteiger partial charge in [0.15, 0.2) is 5.78 Å². The van der Waals surface area contributed by atoms with Gasteiger partial charge in [-0.25, -0.2) is 4.39 Å². The van der Waals surface area contributed by atoms with Gasteiger partial charge in [0.25, 0.3) is 0 Å². The van der Waals surface area contributed by atoms with Gasteiger partial charge in [0.1, 0.15) is 23.4 Å². The van der Waals surface area contributed by atoms with Crippen molar-refractivity contribution in [2.75, 3.05) is 7.11 Å². The lowest BCUT2D eigenvalue weighted by atomic mass is 9.96. The Balaban J connectivity index is 1.94. The summed E-state index contributed by atoms with van der Waals surface area (Å²) in [4.78, 5) is 12.2. The number of carbonyl (C=O) groups excluding carboxylic acids is 1. The maximum atomic E-state index is 13.2. The summed E-state index contributed by atoms with van der Waals surface area (Å²) in [6, 6.07) is 9.42. The molecule has 0 amide bonds. The van der Waals surface area contributed by atoms with Crippen LogP contribution in [0.2, 0.25) is 5.02 Å². The molecule has 3 rings (SSSR count). The van der Waals surface area contributed by atoms with E-state index in [4.69, 9.17) is 21.1 Å². The summed E-state index contributed by atoms with van der Waals surface area (Å²) in [5.41, 5.74) is 1.18. The van der Waals surface area contributed by atoms with Crippen molar-refractivity contribution in [3.63, 3.8) is 0 Å². The van der Waals surface area contributed by atoms with Crippen LogP contribution in [0.15, 0.2) is 36.4 Å². The number of rotatable bonds is 2. The molecule has 5 heteroatoms. The third kappa shape index (κ3) is 2.59. The first-order chi connectivity index (χ1) is 10.1. The minimum Gasteiger partial charge on any atom is -0.497 e. The molecule has 0 N–H and O–H groups in total. The molecule has 1 heterocycles. The second kappa shape index (κ2) is 5.37. The minimum atomic E-state index is -0.493. The van der Waals surface area contributed by atoms with Gasteiger partial charge in [0.2, 0.25) is 0 Å². The van der Waals surface area contributed by atoms with Crippen LogP contribution in [-0.2, 0) is 0 Å². The van der Waals surface area contributed by atoms with Crippen molar-refractivity contribution in [1.29, 1.82) is 0 Å². The van der Waals surface area contributed by atoms with E-state index in [0.717, 1.165) is 0 Å². The van der Waals surface area contributed by atoms with Gasteiger partial charge < -0.3 is 9.47 Å².